The summed E-state index contributed by atoms with van der Waals surface area (Å²) in [6.45, 7) is -1.11. The van der Waals surface area contributed by atoms with Crippen molar-refractivity contribution in [1.82, 2.24) is 15.3 Å². The molecule has 1 unspecified atom stereocenters. The lowest BCUT2D eigenvalue weighted by Crippen LogP contribution is -2.40. The summed E-state index contributed by atoms with van der Waals surface area (Å²) >= 11 is 5.69. The molecule has 0 saturated carbocycles. The van der Waals surface area contributed by atoms with Crippen molar-refractivity contribution in [2.24, 2.45) is 0 Å². The number of alkyl halides is 6. The van der Waals surface area contributed by atoms with Gasteiger partial charge in [0.05, 0.1) is 12.2 Å². The molecule has 2 N–H and O–H groups in total. The fourth-order valence-corrected chi connectivity index (χ4v) is 2.09. The molecule has 13 heteroatoms. The van der Waals surface area contributed by atoms with E-state index in [4.69, 9.17) is 16.7 Å². The second kappa shape index (κ2) is 8.19. The highest BCUT2D eigenvalue weighted by Crippen LogP contribution is 2.26. The first kappa shape index (κ1) is 21.7. The number of carbonyl (C=O) groups excluding carboxylic acids is 1. The molecule has 1 atom stereocenters. The van der Waals surface area contributed by atoms with Crippen molar-refractivity contribution in [2.45, 2.75) is 18.6 Å². The van der Waals surface area contributed by atoms with E-state index in [-0.39, 0.29) is 11.3 Å². The van der Waals surface area contributed by atoms with Crippen molar-refractivity contribution in [2.75, 3.05) is 6.54 Å². The lowest BCUT2D eigenvalue weighted by Gasteiger charge is -2.15. The number of ether oxygens (including phenoxy) is 1. The number of amides is 1. The molecule has 6 nitrogen and oxygen atoms in total. The standard InChI is InChI=1S/C15H10ClF6N3O3/c16-13-24-9(7-1-3-8(4-2-7)28-15(20,21)22)5-10(25-13)12(27)23-6-11(26)14(17,18)19/h1-5,11,26H,6H2,(H,23,27). The molecule has 2 rings (SSSR count). The van der Waals surface area contributed by atoms with Crippen LogP contribution in [-0.4, -0.2) is 46.2 Å². The third-order valence-corrected chi connectivity index (χ3v) is 3.32. The van der Waals surface area contributed by atoms with E-state index in [2.05, 4.69) is 14.7 Å². The highest BCUT2D eigenvalue weighted by atomic mass is 35.5. The SMILES string of the molecule is O=C(NCC(O)C(F)(F)F)c1cc(-c2ccc(OC(F)(F)F)cc2)nc(Cl)n1. The molecule has 0 radical (unpaired) electrons. The Labute approximate surface area is 158 Å². The fourth-order valence-electron chi connectivity index (χ4n) is 1.91. The Morgan fingerprint density at radius 2 is 1.75 bits per heavy atom. The number of hydrogen-bond donors (Lipinski definition) is 2. The van der Waals surface area contributed by atoms with Gasteiger partial charge >= 0.3 is 12.5 Å². The zero-order chi connectivity index (χ0) is 21.1. The van der Waals surface area contributed by atoms with Crippen LogP contribution in [0.25, 0.3) is 11.3 Å². The van der Waals surface area contributed by atoms with Crippen molar-refractivity contribution in [3.63, 3.8) is 0 Å². The third kappa shape index (κ3) is 6.23. The van der Waals surface area contributed by atoms with E-state index < -0.39 is 47.8 Å². The van der Waals surface area contributed by atoms with E-state index in [1.54, 1.807) is 0 Å². The van der Waals surface area contributed by atoms with Gasteiger partial charge in [-0.05, 0) is 41.9 Å². The van der Waals surface area contributed by atoms with E-state index in [0.717, 1.165) is 18.2 Å². The zero-order valence-electron chi connectivity index (χ0n) is 13.5. The average molecular weight is 430 g/mol. The molecular formula is C15H10ClF6N3O3. The van der Waals surface area contributed by atoms with Crippen molar-refractivity contribution >= 4 is 17.5 Å². The van der Waals surface area contributed by atoms with Crippen LogP contribution in [0, 0.1) is 0 Å². The lowest BCUT2D eigenvalue weighted by atomic mass is 10.1. The summed E-state index contributed by atoms with van der Waals surface area (Å²) < 4.78 is 77.0. The highest BCUT2D eigenvalue weighted by Gasteiger charge is 2.38. The Bertz CT molecular complexity index is 842. The Kier molecular flexibility index (Phi) is 6.34. The fraction of sp³-hybridized carbons (Fsp3) is 0.267. The maximum Gasteiger partial charge on any atom is 0.573 e. The van der Waals surface area contributed by atoms with Gasteiger partial charge in [-0.1, -0.05) is 0 Å². The molecule has 0 aliphatic carbocycles. The number of aliphatic hydroxyl groups excluding tert-OH is 1. The Balaban J connectivity index is 2.17. The molecule has 28 heavy (non-hydrogen) atoms. The number of aromatic nitrogens is 2. The molecule has 1 heterocycles. The van der Waals surface area contributed by atoms with E-state index >= 15 is 0 Å². The lowest BCUT2D eigenvalue weighted by molar-refractivity contribution is -0.274. The molecule has 0 aliphatic heterocycles. The number of hydrogen-bond acceptors (Lipinski definition) is 5. The normalized spacial score (nSPS) is 13.1. The molecule has 152 valence electrons. The summed E-state index contributed by atoms with van der Waals surface area (Å²) in [4.78, 5) is 19.3. The molecule has 0 fully saturated rings. The Hall–Kier alpha value is -2.60. The molecule has 0 bridgehead atoms. The van der Waals surface area contributed by atoms with Gasteiger partial charge in [0.1, 0.15) is 11.4 Å². The summed E-state index contributed by atoms with van der Waals surface area (Å²) in [7, 11) is 0. The molecule has 1 amide bonds. The van der Waals surface area contributed by atoms with Crippen LogP contribution in [0.1, 0.15) is 10.5 Å². The summed E-state index contributed by atoms with van der Waals surface area (Å²) in [6.07, 6.45) is -12.6. The maximum absolute atomic E-state index is 12.3. The first-order valence-electron chi connectivity index (χ1n) is 7.29. The van der Waals surface area contributed by atoms with Crippen LogP contribution in [0.2, 0.25) is 5.28 Å². The summed E-state index contributed by atoms with van der Waals surface area (Å²) in [5, 5.41) is 10.3. The van der Waals surface area contributed by atoms with Crippen molar-refractivity contribution < 1.29 is 41.0 Å². The number of nitrogens with zero attached hydrogens (tertiary/aromatic N) is 2. The largest absolute Gasteiger partial charge is 0.573 e. The minimum absolute atomic E-state index is 0.0279. The summed E-state index contributed by atoms with van der Waals surface area (Å²) in [5.41, 5.74) is -0.136. The van der Waals surface area contributed by atoms with Crippen LogP contribution in [0.4, 0.5) is 26.3 Å². The van der Waals surface area contributed by atoms with Gasteiger partial charge in [-0.25, -0.2) is 9.97 Å². The van der Waals surface area contributed by atoms with E-state index in [9.17, 15) is 31.1 Å². The summed E-state index contributed by atoms with van der Waals surface area (Å²) in [5.74, 6) is -1.55. The molecule has 1 aromatic heterocycles. The van der Waals surface area contributed by atoms with Crippen LogP contribution in [-0.2, 0) is 0 Å². The molecule has 0 saturated heterocycles. The maximum atomic E-state index is 12.3. The predicted molar refractivity (Wildman–Crippen MR) is 83.6 cm³/mol. The van der Waals surface area contributed by atoms with Gasteiger partial charge in [-0.3, -0.25) is 4.79 Å². The van der Waals surface area contributed by atoms with Gasteiger partial charge in [-0.2, -0.15) is 13.2 Å². The number of benzene rings is 1. The highest BCUT2D eigenvalue weighted by molar-refractivity contribution is 6.28. The van der Waals surface area contributed by atoms with Gasteiger partial charge in [0.25, 0.3) is 5.91 Å². The topological polar surface area (TPSA) is 84.3 Å². The second-order valence-corrected chi connectivity index (χ2v) is 5.59. The smallest absolute Gasteiger partial charge is 0.406 e. The number of carbonyl (C=O) groups is 1. The van der Waals surface area contributed by atoms with E-state index in [1.807, 2.05) is 5.32 Å². The van der Waals surface area contributed by atoms with Crippen LogP contribution in [0.5, 0.6) is 5.75 Å². The van der Waals surface area contributed by atoms with Gasteiger partial charge in [-0.15, -0.1) is 13.2 Å². The van der Waals surface area contributed by atoms with Crippen LogP contribution in [0.3, 0.4) is 0 Å². The second-order valence-electron chi connectivity index (χ2n) is 5.25. The third-order valence-electron chi connectivity index (χ3n) is 3.15. The quantitative estimate of drug-likeness (QED) is 0.562. The van der Waals surface area contributed by atoms with Gasteiger partial charge < -0.3 is 15.2 Å². The Morgan fingerprint density at radius 1 is 1.14 bits per heavy atom. The van der Waals surface area contributed by atoms with Gasteiger partial charge in [0, 0.05) is 5.56 Å². The minimum Gasteiger partial charge on any atom is -0.406 e. The number of rotatable bonds is 5. The molecule has 0 spiro atoms. The number of nitrogens with one attached hydrogen (secondary N) is 1. The van der Waals surface area contributed by atoms with Crippen molar-refractivity contribution in [1.29, 1.82) is 0 Å². The number of halogens is 7. The minimum atomic E-state index is -4.91. The van der Waals surface area contributed by atoms with Crippen molar-refractivity contribution in [3.8, 4) is 17.0 Å². The van der Waals surface area contributed by atoms with Crippen LogP contribution >= 0.6 is 11.6 Å². The van der Waals surface area contributed by atoms with Crippen LogP contribution < -0.4 is 10.1 Å². The average Bonchev–Trinajstić information content (AvgIpc) is 2.57. The molecular weight excluding hydrogens is 420 g/mol. The molecule has 2 aromatic rings. The molecule has 1 aromatic carbocycles. The zero-order valence-corrected chi connectivity index (χ0v) is 14.2. The monoisotopic (exact) mass is 429 g/mol. The van der Waals surface area contributed by atoms with Gasteiger partial charge in [0.2, 0.25) is 5.28 Å². The van der Waals surface area contributed by atoms with Gasteiger partial charge in [0.15, 0.2) is 6.10 Å². The Morgan fingerprint density at radius 3 is 2.29 bits per heavy atom. The number of aliphatic hydroxyl groups is 1. The first-order chi connectivity index (χ1) is 12.8. The predicted octanol–water partition coefficient (Wildman–Crippen LogP) is 3.35. The van der Waals surface area contributed by atoms with E-state index in [1.165, 1.54) is 12.1 Å². The molecule has 0 aliphatic rings. The first-order valence-corrected chi connectivity index (χ1v) is 7.67. The van der Waals surface area contributed by atoms with Crippen molar-refractivity contribution in [3.05, 3.63) is 41.3 Å². The summed E-state index contributed by atoms with van der Waals surface area (Å²) in [6, 6.07) is 5.47. The van der Waals surface area contributed by atoms with E-state index in [0.29, 0.717) is 0 Å². The van der Waals surface area contributed by atoms with Crippen LogP contribution in [0.15, 0.2) is 30.3 Å².